The summed E-state index contributed by atoms with van der Waals surface area (Å²) in [6, 6.07) is 0. The van der Waals surface area contributed by atoms with Crippen molar-refractivity contribution >= 4 is 47.1 Å². The first-order valence-corrected chi connectivity index (χ1v) is 6.52. The molecule has 0 radical (unpaired) electrons. The number of hydrogen-bond acceptors (Lipinski definition) is 3. The molecule has 0 aliphatic rings. The normalized spacial score (nSPS) is 15.9. The van der Waals surface area contributed by atoms with Crippen molar-refractivity contribution < 1.29 is 48.3 Å². The molecule has 0 aromatic rings. The third-order valence-corrected chi connectivity index (χ3v) is 3.19. The van der Waals surface area contributed by atoms with Gasteiger partial charge in [-0.3, -0.25) is 0 Å². The fourth-order valence-corrected chi connectivity index (χ4v) is 1.08. The van der Waals surface area contributed by atoms with E-state index in [0.29, 0.717) is 0 Å². The molecule has 0 fully saturated rings. The molecule has 0 spiro atoms. The zero-order valence-electron chi connectivity index (χ0n) is 8.03. The Morgan fingerprint density at radius 2 is 1.22 bits per heavy atom. The van der Waals surface area contributed by atoms with Crippen molar-refractivity contribution in [2.24, 2.45) is 0 Å². The van der Waals surface area contributed by atoms with Crippen LogP contribution in [0.4, 0.5) is 35.1 Å². The van der Waals surface area contributed by atoms with Gasteiger partial charge in [0.05, 0.1) is 0 Å². The second-order valence-electron chi connectivity index (χ2n) is 2.92. The Morgan fingerprint density at radius 1 is 0.889 bits per heavy atom. The summed E-state index contributed by atoms with van der Waals surface area (Å²) in [7, 11) is -5.87. The summed E-state index contributed by atoms with van der Waals surface area (Å²) in [5.41, 5.74) is 0. The van der Waals surface area contributed by atoms with Crippen molar-refractivity contribution in [3.63, 3.8) is 0 Å². The molecule has 0 rings (SSSR count). The van der Waals surface area contributed by atoms with Crippen LogP contribution in [0.5, 0.6) is 0 Å². The molecule has 0 unspecified atom stereocenters. The summed E-state index contributed by atoms with van der Waals surface area (Å²) in [5.74, 6) is 0. The van der Waals surface area contributed by atoms with Crippen LogP contribution in [0.15, 0.2) is 0 Å². The van der Waals surface area contributed by atoms with Crippen LogP contribution in [0.25, 0.3) is 0 Å². The van der Waals surface area contributed by atoms with E-state index in [1.54, 1.807) is 0 Å². The van der Waals surface area contributed by atoms with Gasteiger partial charge in [0, 0.05) is 0 Å². The van der Waals surface area contributed by atoms with E-state index in [1.165, 1.54) is 0 Å². The molecule has 3 nitrogen and oxygen atoms in total. The second-order valence-corrected chi connectivity index (χ2v) is 6.33. The SMILES string of the molecule is [Li][S](=O)(=O)C(F)(F)C(F)(F)OC(F)(F)C(F)(F)I. The van der Waals surface area contributed by atoms with E-state index in [1.807, 2.05) is 4.74 Å². The Morgan fingerprint density at radius 3 is 1.44 bits per heavy atom. The molecule has 0 atom stereocenters. The van der Waals surface area contributed by atoms with Crippen molar-refractivity contribution in [2.75, 3.05) is 0 Å². The molecule has 14 heteroatoms. The van der Waals surface area contributed by atoms with E-state index in [0.717, 1.165) is 0 Å². The van der Waals surface area contributed by atoms with Crippen LogP contribution in [-0.4, -0.2) is 46.3 Å². The molecule has 0 aromatic heterocycles. The summed E-state index contributed by atoms with van der Waals surface area (Å²) in [6.45, 7) is 0. The fourth-order valence-electron chi connectivity index (χ4n) is 0.494. The van der Waals surface area contributed by atoms with Crippen LogP contribution in [0.3, 0.4) is 0 Å². The zero-order chi connectivity index (χ0) is 15.2. The maximum absolute atomic E-state index is 12.6. The third kappa shape index (κ3) is 3.61. The molecule has 0 heterocycles. The van der Waals surface area contributed by atoms with Crippen molar-refractivity contribution in [3.8, 4) is 0 Å². The van der Waals surface area contributed by atoms with Crippen molar-refractivity contribution in [2.45, 2.75) is 21.4 Å². The van der Waals surface area contributed by atoms with Crippen molar-refractivity contribution in [1.82, 2.24) is 0 Å². The van der Waals surface area contributed by atoms with E-state index >= 15 is 0 Å². The fraction of sp³-hybridized carbons (Fsp3) is 1.00. The van der Waals surface area contributed by atoms with Gasteiger partial charge in [0.1, 0.15) is 0 Å². The Hall–Kier alpha value is 0.677. The maximum atomic E-state index is 12.6. The van der Waals surface area contributed by atoms with Gasteiger partial charge in [-0.1, -0.05) is 0 Å². The average molecular weight is 414 g/mol. The summed E-state index contributed by atoms with van der Waals surface area (Å²) >= 11 is -0.726. The summed E-state index contributed by atoms with van der Waals surface area (Å²) in [6.07, 6.45) is -12.3. The second kappa shape index (κ2) is 4.90. The number of rotatable bonds is 5. The van der Waals surface area contributed by atoms with Gasteiger partial charge in [-0.05, 0) is 0 Å². The van der Waals surface area contributed by atoms with Gasteiger partial charge < -0.3 is 0 Å². The van der Waals surface area contributed by atoms with Gasteiger partial charge in [-0.25, -0.2) is 0 Å². The Labute approximate surface area is 116 Å². The molecule has 0 N–H and O–H groups in total. The number of ether oxygens (including phenoxy) is 1. The van der Waals surface area contributed by atoms with Crippen LogP contribution in [0.1, 0.15) is 0 Å². The Balaban J connectivity index is 5.47. The third-order valence-electron chi connectivity index (χ3n) is 1.39. The van der Waals surface area contributed by atoms with Crippen LogP contribution in [0.2, 0.25) is 0 Å². The molecule has 0 saturated carbocycles. The van der Waals surface area contributed by atoms with E-state index in [9.17, 15) is 43.5 Å². The first kappa shape index (κ1) is 18.7. The quantitative estimate of drug-likeness (QED) is 0.300. The minimum atomic E-state index is -6.33. The van der Waals surface area contributed by atoms with Gasteiger partial charge in [0.25, 0.3) is 0 Å². The van der Waals surface area contributed by atoms with Gasteiger partial charge >= 0.3 is 117 Å². The van der Waals surface area contributed by atoms with Crippen LogP contribution in [0, 0.1) is 0 Å². The molecular weight excluding hydrogens is 414 g/mol. The summed E-state index contributed by atoms with van der Waals surface area (Å²) in [5, 5.41) is -6.09. The summed E-state index contributed by atoms with van der Waals surface area (Å²) in [4.78, 5) is 0. The molecular formula is C4F8ILiO3S. The van der Waals surface area contributed by atoms with E-state index in [-0.39, 0.29) is 22.6 Å². The first-order valence-electron chi connectivity index (χ1n) is 3.55. The molecule has 0 saturated heterocycles. The van der Waals surface area contributed by atoms with Gasteiger partial charge in [0.2, 0.25) is 0 Å². The van der Waals surface area contributed by atoms with E-state index in [4.69, 9.17) is 0 Å². The van der Waals surface area contributed by atoms with E-state index in [2.05, 4.69) is 0 Å². The van der Waals surface area contributed by atoms with Gasteiger partial charge in [-0.2, -0.15) is 0 Å². The predicted octanol–water partition coefficient (Wildman–Crippen LogP) is 2.31. The predicted molar refractivity (Wildman–Crippen MR) is 49.6 cm³/mol. The van der Waals surface area contributed by atoms with Crippen LogP contribution < -0.4 is 0 Å². The van der Waals surface area contributed by atoms with Crippen molar-refractivity contribution in [3.05, 3.63) is 0 Å². The Bertz CT molecular complexity index is 417. The molecule has 0 bridgehead atoms. The average Bonchev–Trinajstić information content (AvgIpc) is 1.96. The molecule has 0 aliphatic carbocycles. The minimum absolute atomic E-state index is 0.328. The topological polar surface area (TPSA) is 43.4 Å². The van der Waals surface area contributed by atoms with Gasteiger partial charge in [-0.15, -0.1) is 0 Å². The first-order chi connectivity index (χ1) is 7.46. The zero-order valence-corrected chi connectivity index (χ0v) is 11.0. The number of halogens is 9. The van der Waals surface area contributed by atoms with E-state index < -0.39 is 45.9 Å². The number of hydrogen-bond donors (Lipinski definition) is 0. The van der Waals surface area contributed by atoms with Crippen LogP contribution in [-0.2, 0) is 12.7 Å². The molecule has 0 aliphatic heterocycles. The van der Waals surface area contributed by atoms with Crippen molar-refractivity contribution in [1.29, 1.82) is 0 Å². The molecule has 104 valence electrons. The number of alkyl halides is 9. The monoisotopic (exact) mass is 414 g/mol. The molecule has 18 heavy (non-hydrogen) atoms. The molecule has 0 amide bonds. The molecule has 0 aromatic carbocycles. The van der Waals surface area contributed by atoms with Gasteiger partial charge in [0.15, 0.2) is 0 Å². The Kier molecular flexibility index (Phi) is 5.08. The summed E-state index contributed by atoms with van der Waals surface area (Å²) < 4.78 is 117. The standard InChI is InChI=1S/C4F8IO3S.Li/c5-1(6,13)2(7,8)16-3(9,10)4(11,12)17(14)15;. The van der Waals surface area contributed by atoms with Crippen LogP contribution >= 0.6 is 22.6 Å².